The molecule has 1 saturated heterocycles. The fourth-order valence-electron chi connectivity index (χ4n) is 2.66. The molecule has 1 aliphatic heterocycles. The highest BCUT2D eigenvalue weighted by Gasteiger charge is 2.32. The van der Waals surface area contributed by atoms with Crippen LogP contribution in [0.4, 0.5) is 4.79 Å². The third-order valence-electron chi connectivity index (χ3n) is 3.70. The highest BCUT2D eigenvalue weighted by atomic mass is 16.6. The highest BCUT2D eigenvalue weighted by Crippen LogP contribution is 2.23. The van der Waals surface area contributed by atoms with Crippen LogP contribution in [-0.2, 0) is 9.53 Å². The molecule has 4 nitrogen and oxygen atoms in total. The summed E-state index contributed by atoms with van der Waals surface area (Å²) in [6.45, 7) is 6.21. The molecule has 0 bridgehead atoms. The van der Waals surface area contributed by atoms with Gasteiger partial charge in [-0.25, -0.2) is 4.79 Å². The summed E-state index contributed by atoms with van der Waals surface area (Å²) < 4.78 is 5.42. The van der Waals surface area contributed by atoms with Gasteiger partial charge in [0.25, 0.3) is 0 Å². The lowest BCUT2D eigenvalue weighted by molar-refractivity contribution is -0.115. The first kappa shape index (κ1) is 17.3. The van der Waals surface area contributed by atoms with E-state index in [-0.39, 0.29) is 17.9 Å². The van der Waals surface area contributed by atoms with E-state index in [1.54, 1.807) is 11.0 Å². The number of rotatable bonds is 4. The van der Waals surface area contributed by atoms with Crippen LogP contribution in [0.1, 0.15) is 45.6 Å². The number of likely N-dealkylation sites (tertiary alicyclic amines) is 1. The summed E-state index contributed by atoms with van der Waals surface area (Å²) in [5.41, 5.74) is 0.484. The van der Waals surface area contributed by atoms with Crippen molar-refractivity contribution in [2.45, 2.75) is 51.7 Å². The molecule has 124 valence electrons. The van der Waals surface area contributed by atoms with Gasteiger partial charge in [0.05, 0.1) is 0 Å². The molecule has 1 aliphatic rings. The van der Waals surface area contributed by atoms with Gasteiger partial charge in [-0.1, -0.05) is 36.4 Å². The van der Waals surface area contributed by atoms with Crippen molar-refractivity contribution in [1.82, 2.24) is 4.90 Å². The summed E-state index contributed by atoms with van der Waals surface area (Å²) in [6.07, 6.45) is 5.21. The second kappa shape index (κ2) is 7.44. The number of allylic oxidation sites excluding steroid dienone is 1. The predicted octanol–water partition coefficient (Wildman–Crippen LogP) is 4.06. The van der Waals surface area contributed by atoms with Crippen molar-refractivity contribution in [1.29, 1.82) is 0 Å². The number of ketones is 1. The second-order valence-corrected chi connectivity index (χ2v) is 6.88. The van der Waals surface area contributed by atoms with Gasteiger partial charge in [0.15, 0.2) is 5.78 Å². The van der Waals surface area contributed by atoms with Crippen molar-refractivity contribution >= 4 is 18.0 Å². The molecule has 1 heterocycles. The minimum Gasteiger partial charge on any atom is -0.444 e. The smallest absolute Gasteiger partial charge is 0.410 e. The van der Waals surface area contributed by atoms with Crippen molar-refractivity contribution in [3.05, 3.63) is 42.0 Å². The fraction of sp³-hybridized carbons (Fsp3) is 0.474. The number of nitrogens with zero attached hydrogens (tertiary/aromatic N) is 1. The first-order chi connectivity index (χ1) is 10.8. The number of carbonyl (C=O) groups is 2. The van der Waals surface area contributed by atoms with Crippen molar-refractivity contribution in [2.24, 2.45) is 0 Å². The van der Waals surface area contributed by atoms with Crippen LogP contribution in [0.2, 0.25) is 0 Å². The summed E-state index contributed by atoms with van der Waals surface area (Å²) in [5, 5.41) is 0. The van der Waals surface area contributed by atoms with E-state index in [1.807, 2.05) is 57.2 Å². The Morgan fingerprint density at radius 2 is 1.96 bits per heavy atom. The Kier molecular flexibility index (Phi) is 5.59. The van der Waals surface area contributed by atoms with Crippen LogP contribution in [0.5, 0.6) is 0 Å². The standard InChI is InChI=1S/C19H25NO3/c1-19(2,3)23-18(22)20-13-7-10-16(20)14-17(21)12-11-15-8-5-4-6-9-15/h4-6,8-9,11-12,16H,7,10,13-14H2,1-3H3/b12-11+. The molecular formula is C19H25NO3. The van der Waals surface area contributed by atoms with Crippen molar-refractivity contribution < 1.29 is 14.3 Å². The second-order valence-electron chi connectivity index (χ2n) is 6.88. The van der Waals surface area contributed by atoms with E-state index < -0.39 is 5.60 Å². The first-order valence-corrected chi connectivity index (χ1v) is 8.11. The fourth-order valence-corrected chi connectivity index (χ4v) is 2.66. The number of hydrogen-bond donors (Lipinski definition) is 0. The molecule has 2 rings (SSSR count). The van der Waals surface area contributed by atoms with Gasteiger partial charge in [0, 0.05) is 19.0 Å². The van der Waals surface area contributed by atoms with Gasteiger partial charge in [-0.3, -0.25) is 4.79 Å². The average molecular weight is 315 g/mol. The summed E-state index contributed by atoms with van der Waals surface area (Å²) in [5.74, 6) is 0.0364. The number of hydrogen-bond acceptors (Lipinski definition) is 3. The molecule has 0 N–H and O–H groups in total. The number of ether oxygens (including phenoxy) is 1. The zero-order valence-corrected chi connectivity index (χ0v) is 14.1. The zero-order valence-electron chi connectivity index (χ0n) is 14.1. The van der Waals surface area contributed by atoms with E-state index in [9.17, 15) is 9.59 Å². The van der Waals surface area contributed by atoms with E-state index in [0.29, 0.717) is 13.0 Å². The minimum atomic E-state index is -0.512. The highest BCUT2D eigenvalue weighted by molar-refractivity contribution is 5.94. The van der Waals surface area contributed by atoms with E-state index >= 15 is 0 Å². The molecular weight excluding hydrogens is 290 g/mol. The lowest BCUT2D eigenvalue weighted by Crippen LogP contribution is -2.40. The predicted molar refractivity (Wildman–Crippen MR) is 91.1 cm³/mol. The third kappa shape index (κ3) is 5.55. The summed E-state index contributed by atoms with van der Waals surface area (Å²) in [4.78, 5) is 26.1. The lowest BCUT2D eigenvalue weighted by atomic mass is 10.1. The average Bonchev–Trinajstić information content (AvgIpc) is 2.93. The summed E-state index contributed by atoms with van der Waals surface area (Å²) >= 11 is 0. The van der Waals surface area contributed by atoms with Crippen LogP contribution in [0.3, 0.4) is 0 Å². The molecule has 0 aromatic heterocycles. The SMILES string of the molecule is CC(C)(C)OC(=O)N1CCCC1CC(=O)/C=C/c1ccccc1. The van der Waals surface area contributed by atoms with Gasteiger partial charge in [-0.2, -0.15) is 0 Å². The van der Waals surface area contributed by atoms with Crippen molar-refractivity contribution in [3.63, 3.8) is 0 Å². The van der Waals surface area contributed by atoms with Crippen LogP contribution < -0.4 is 0 Å². The van der Waals surface area contributed by atoms with E-state index in [4.69, 9.17) is 4.74 Å². The maximum atomic E-state index is 12.2. The number of carbonyl (C=O) groups excluding carboxylic acids is 2. The van der Waals surface area contributed by atoms with Crippen molar-refractivity contribution in [3.8, 4) is 0 Å². The van der Waals surface area contributed by atoms with Crippen LogP contribution in [0.15, 0.2) is 36.4 Å². The van der Waals surface area contributed by atoms with Crippen LogP contribution >= 0.6 is 0 Å². The van der Waals surface area contributed by atoms with Crippen LogP contribution in [0, 0.1) is 0 Å². The molecule has 0 radical (unpaired) electrons. The maximum absolute atomic E-state index is 12.2. The van der Waals surface area contributed by atoms with Gasteiger partial charge in [0.1, 0.15) is 5.60 Å². The topological polar surface area (TPSA) is 46.6 Å². The van der Waals surface area contributed by atoms with Gasteiger partial charge < -0.3 is 9.64 Å². The molecule has 1 aromatic carbocycles. The van der Waals surface area contributed by atoms with Crippen LogP contribution in [0.25, 0.3) is 6.08 Å². The minimum absolute atomic E-state index is 0.0364. The molecule has 1 fully saturated rings. The molecule has 0 saturated carbocycles. The number of amides is 1. The molecule has 0 spiro atoms. The molecule has 4 heteroatoms. The number of benzene rings is 1. The molecule has 23 heavy (non-hydrogen) atoms. The zero-order chi connectivity index (χ0) is 16.9. The Morgan fingerprint density at radius 1 is 1.26 bits per heavy atom. The van der Waals surface area contributed by atoms with E-state index in [1.165, 1.54) is 0 Å². The molecule has 1 aromatic rings. The molecule has 1 atom stereocenters. The van der Waals surface area contributed by atoms with Gasteiger partial charge in [-0.05, 0) is 45.3 Å². The van der Waals surface area contributed by atoms with Gasteiger partial charge in [0.2, 0.25) is 0 Å². The normalized spacial score (nSPS) is 18.4. The Hall–Kier alpha value is -2.10. The molecule has 1 unspecified atom stereocenters. The van der Waals surface area contributed by atoms with E-state index in [2.05, 4.69) is 0 Å². The Morgan fingerprint density at radius 3 is 2.61 bits per heavy atom. The van der Waals surface area contributed by atoms with Gasteiger partial charge >= 0.3 is 6.09 Å². The first-order valence-electron chi connectivity index (χ1n) is 8.11. The quantitative estimate of drug-likeness (QED) is 0.787. The Bertz CT molecular complexity index is 572. The largest absolute Gasteiger partial charge is 0.444 e. The van der Waals surface area contributed by atoms with E-state index in [0.717, 1.165) is 18.4 Å². The lowest BCUT2D eigenvalue weighted by Gasteiger charge is -2.28. The van der Waals surface area contributed by atoms with Crippen LogP contribution in [-0.4, -0.2) is 35.0 Å². The summed E-state index contributed by atoms with van der Waals surface area (Å²) in [6, 6.07) is 9.66. The van der Waals surface area contributed by atoms with Gasteiger partial charge in [-0.15, -0.1) is 0 Å². The monoisotopic (exact) mass is 315 g/mol. The Balaban J connectivity index is 1.92. The molecule has 0 aliphatic carbocycles. The van der Waals surface area contributed by atoms with Crippen molar-refractivity contribution in [2.75, 3.05) is 6.54 Å². The maximum Gasteiger partial charge on any atom is 0.410 e. The third-order valence-corrected chi connectivity index (χ3v) is 3.70. The summed E-state index contributed by atoms with van der Waals surface area (Å²) in [7, 11) is 0. The Labute approximate surface area is 138 Å². The molecule has 1 amide bonds.